The number of furan rings is 1. The minimum Gasteiger partial charge on any atom is -0.459 e. The summed E-state index contributed by atoms with van der Waals surface area (Å²) in [6.07, 6.45) is 3.15. The summed E-state index contributed by atoms with van der Waals surface area (Å²) in [5.74, 6) is 1.50. The molecule has 1 aliphatic rings. The van der Waals surface area contributed by atoms with Crippen LogP contribution < -0.4 is 5.32 Å². The number of likely N-dealkylation sites (tertiary alicyclic amines) is 1. The second kappa shape index (κ2) is 8.69. The molecule has 4 rings (SSSR count). The molecule has 7 nitrogen and oxygen atoms in total. The third-order valence-electron chi connectivity index (χ3n) is 5.00. The highest BCUT2D eigenvalue weighted by molar-refractivity contribution is 9.10. The molecular formula is C21H21BrN4O3S. The van der Waals surface area contributed by atoms with Gasteiger partial charge < -0.3 is 14.6 Å². The summed E-state index contributed by atoms with van der Waals surface area (Å²) < 4.78 is 6.48. The first-order chi connectivity index (χ1) is 14.4. The van der Waals surface area contributed by atoms with Gasteiger partial charge in [-0.25, -0.2) is 9.97 Å². The summed E-state index contributed by atoms with van der Waals surface area (Å²) in [6.45, 7) is 4.72. The van der Waals surface area contributed by atoms with Gasteiger partial charge in [-0.3, -0.25) is 9.59 Å². The molecule has 1 fully saturated rings. The molecule has 0 saturated carbocycles. The zero-order valence-corrected chi connectivity index (χ0v) is 19.0. The van der Waals surface area contributed by atoms with Gasteiger partial charge in [-0.15, -0.1) is 11.3 Å². The van der Waals surface area contributed by atoms with E-state index in [1.54, 1.807) is 17.2 Å². The Labute approximate surface area is 186 Å². The molecule has 9 heteroatoms. The summed E-state index contributed by atoms with van der Waals surface area (Å²) in [4.78, 5) is 36.9. The molecule has 1 saturated heterocycles. The highest BCUT2D eigenvalue weighted by Crippen LogP contribution is 2.31. The molecule has 1 aliphatic heterocycles. The first-order valence-corrected chi connectivity index (χ1v) is 11.3. The number of amides is 2. The fraction of sp³-hybridized carbons (Fsp3) is 0.333. The number of nitrogens with zero attached hydrogens (tertiary/aromatic N) is 3. The molecule has 0 spiro atoms. The summed E-state index contributed by atoms with van der Waals surface area (Å²) in [7, 11) is 0. The van der Waals surface area contributed by atoms with Gasteiger partial charge in [0.05, 0.1) is 11.6 Å². The average Bonchev–Trinajstić information content (AvgIpc) is 3.35. The van der Waals surface area contributed by atoms with Crippen LogP contribution >= 0.6 is 27.3 Å². The molecule has 30 heavy (non-hydrogen) atoms. The quantitative estimate of drug-likeness (QED) is 0.576. The van der Waals surface area contributed by atoms with Gasteiger partial charge in [0.2, 0.25) is 5.91 Å². The highest BCUT2D eigenvalue weighted by Gasteiger charge is 2.31. The fourth-order valence-electron chi connectivity index (χ4n) is 3.45. The molecule has 0 aliphatic carbocycles. The number of carbonyl (C=O) groups excluding carboxylic acids is 2. The molecule has 1 atom stereocenters. The van der Waals surface area contributed by atoms with E-state index in [9.17, 15) is 9.59 Å². The number of piperidine rings is 1. The van der Waals surface area contributed by atoms with Crippen LogP contribution in [-0.4, -0.2) is 39.8 Å². The van der Waals surface area contributed by atoms with E-state index in [-0.39, 0.29) is 17.7 Å². The molecule has 1 N–H and O–H groups in total. The monoisotopic (exact) mass is 488 g/mol. The van der Waals surface area contributed by atoms with E-state index in [1.807, 2.05) is 32.0 Å². The number of anilines is 1. The Morgan fingerprint density at radius 1 is 1.27 bits per heavy atom. The lowest BCUT2D eigenvalue weighted by Crippen LogP contribution is -2.43. The van der Waals surface area contributed by atoms with Crippen molar-refractivity contribution in [1.29, 1.82) is 0 Å². The molecule has 1 unspecified atom stereocenters. The van der Waals surface area contributed by atoms with E-state index >= 15 is 0 Å². The van der Waals surface area contributed by atoms with Gasteiger partial charge in [-0.05, 0) is 66.9 Å². The summed E-state index contributed by atoms with van der Waals surface area (Å²) in [5.41, 5.74) is 0.680. The lowest BCUT2D eigenvalue weighted by atomic mass is 9.97. The van der Waals surface area contributed by atoms with Crippen molar-refractivity contribution in [2.75, 3.05) is 18.4 Å². The minimum absolute atomic E-state index is 0.0844. The average molecular weight is 489 g/mol. The molecule has 156 valence electrons. The molecule has 3 aromatic heterocycles. The molecule has 0 aromatic carbocycles. The maximum Gasteiger partial charge on any atom is 0.265 e. The number of aryl methyl sites for hydroxylation is 2. The Hall–Kier alpha value is -2.52. The van der Waals surface area contributed by atoms with Crippen molar-refractivity contribution in [2.24, 2.45) is 5.92 Å². The molecule has 4 heterocycles. The standard InChI is InChI=1S/C21H21BrN4O3S/c1-12-5-7-16(29-12)20-24-13(2)18(30-20)21(28)26-9-3-4-14(11-26)19(27)25-17-8-6-15(22)10-23-17/h5-8,10,14H,3-4,9,11H2,1-2H3,(H,23,25,27). The number of pyridine rings is 1. The van der Waals surface area contributed by atoms with Crippen LogP contribution in [0.25, 0.3) is 10.8 Å². The molecule has 3 aromatic rings. The highest BCUT2D eigenvalue weighted by atomic mass is 79.9. The van der Waals surface area contributed by atoms with Gasteiger partial charge >= 0.3 is 0 Å². The third-order valence-corrected chi connectivity index (χ3v) is 6.63. The summed E-state index contributed by atoms with van der Waals surface area (Å²) in [5, 5.41) is 3.54. The minimum atomic E-state index is -0.270. The topological polar surface area (TPSA) is 88.3 Å². The Morgan fingerprint density at radius 3 is 2.80 bits per heavy atom. The van der Waals surface area contributed by atoms with Gasteiger partial charge in [0.15, 0.2) is 10.8 Å². The second-order valence-corrected chi connectivity index (χ2v) is 9.20. The van der Waals surface area contributed by atoms with E-state index < -0.39 is 0 Å². The number of halogens is 1. The smallest absolute Gasteiger partial charge is 0.265 e. The largest absolute Gasteiger partial charge is 0.459 e. The predicted molar refractivity (Wildman–Crippen MR) is 118 cm³/mol. The predicted octanol–water partition coefficient (Wildman–Crippen LogP) is 4.67. The number of rotatable bonds is 4. The van der Waals surface area contributed by atoms with Crippen molar-refractivity contribution in [2.45, 2.75) is 26.7 Å². The number of carbonyl (C=O) groups is 2. The van der Waals surface area contributed by atoms with Crippen molar-refractivity contribution < 1.29 is 14.0 Å². The van der Waals surface area contributed by atoms with Crippen molar-refractivity contribution in [3.8, 4) is 10.8 Å². The van der Waals surface area contributed by atoms with E-state index in [1.165, 1.54) is 11.3 Å². The number of aromatic nitrogens is 2. The van der Waals surface area contributed by atoms with Crippen molar-refractivity contribution in [3.63, 3.8) is 0 Å². The second-order valence-electron chi connectivity index (χ2n) is 7.29. The molecule has 0 radical (unpaired) electrons. The number of thiazole rings is 1. The van der Waals surface area contributed by atoms with Crippen LogP contribution in [0.15, 0.2) is 39.4 Å². The fourth-order valence-corrected chi connectivity index (χ4v) is 4.68. The first kappa shape index (κ1) is 20.7. The van der Waals surface area contributed by atoms with Crippen LogP contribution in [0.1, 0.15) is 34.0 Å². The maximum atomic E-state index is 13.2. The van der Waals surface area contributed by atoms with Gasteiger partial charge in [-0.1, -0.05) is 0 Å². The van der Waals surface area contributed by atoms with Crippen molar-refractivity contribution in [3.05, 3.63) is 51.3 Å². The van der Waals surface area contributed by atoms with Crippen LogP contribution in [0.5, 0.6) is 0 Å². The van der Waals surface area contributed by atoms with Gasteiger partial charge in [0.1, 0.15) is 16.5 Å². The molecule has 2 amide bonds. The van der Waals surface area contributed by atoms with Crippen LogP contribution in [0.2, 0.25) is 0 Å². The van der Waals surface area contributed by atoms with Crippen LogP contribution in [-0.2, 0) is 4.79 Å². The Morgan fingerprint density at radius 2 is 2.10 bits per heavy atom. The van der Waals surface area contributed by atoms with Gasteiger partial charge in [0, 0.05) is 23.8 Å². The maximum absolute atomic E-state index is 13.2. The van der Waals surface area contributed by atoms with E-state index in [0.29, 0.717) is 40.2 Å². The van der Waals surface area contributed by atoms with Gasteiger partial charge in [-0.2, -0.15) is 0 Å². The van der Waals surface area contributed by atoms with E-state index in [0.717, 1.165) is 23.1 Å². The number of nitrogens with one attached hydrogen (secondary N) is 1. The van der Waals surface area contributed by atoms with Crippen LogP contribution in [0, 0.1) is 19.8 Å². The Kier molecular flexibility index (Phi) is 6.01. The molecule has 0 bridgehead atoms. The Balaban J connectivity index is 1.45. The lowest BCUT2D eigenvalue weighted by Gasteiger charge is -2.31. The van der Waals surface area contributed by atoms with Gasteiger partial charge in [0.25, 0.3) is 5.91 Å². The Bertz CT molecular complexity index is 1080. The third kappa shape index (κ3) is 4.46. The number of hydrogen-bond donors (Lipinski definition) is 1. The molecular weight excluding hydrogens is 468 g/mol. The number of hydrogen-bond acceptors (Lipinski definition) is 6. The van der Waals surface area contributed by atoms with Crippen molar-refractivity contribution in [1.82, 2.24) is 14.9 Å². The van der Waals surface area contributed by atoms with E-state index in [4.69, 9.17) is 4.42 Å². The first-order valence-electron chi connectivity index (χ1n) is 9.66. The van der Waals surface area contributed by atoms with E-state index in [2.05, 4.69) is 31.2 Å². The zero-order chi connectivity index (χ0) is 21.3. The summed E-state index contributed by atoms with van der Waals surface area (Å²) in [6, 6.07) is 7.30. The van der Waals surface area contributed by atoms with Crippen LogP contribution in [0.4, 0.5) is 5.82 Å². The SMILES string of the molecule is Cc1ccc(-c2nc(C)c(C(=O)N3CCCC(C(=O)Nc4ccc(Br)cn4)C3)s2)o1. The summed E-state index contributed by atoms with van der Waals surface area (Å²) >= 11 is 4.66. The van der Waals surface area contributed by atoms with Crippen LogP contribution in [0.3, 0.4) is 0 Å². The van der Waals surface area contributed by atoms with Crippen molar-refractivity contribution >= 4 is 44.9 Å². The lowest BCUT2D eigenvalue weighted by molar-refractivity contribution is -0.121. The zero-order valence-electron chi connectivity index (χ0n) is 16.6. The normalized spacial score (nSPS) is 16.5.